The molecule has 3 rings (SSSR count). The molecule has 3 aromatic rings. The zero-order valence-electron chi connectivity index (χ0n) is 14.8. The third kappa shape index (κ3) is 4.10. The van der Waals surface area contributed by atoms with Crippen molar-refractivity contribution in [2.75, 3.05) is 6.26 Å². The summed E-state index contributed by atoms with van der Waals surface area (Å²) in [5.41, 5.74) is 0.190. The number of carbonyl (C=O) groups is 2. The standard InChI is InChI=1S/C21H15NO5S/c1-28-19-12-11-14(13-18(19)22(25)26)20(23)16-9-5-6-10-17(16)21(24)27-15-7-3-2-4-8-15/h2-13H,1H3. The lowest BCUT2D eigenvalue weighted by atomic mass is 9.98. The molecule has 0 unspecified atom stereocenters. The van der Waals surface area contributed by atoms with Crippen molar-refractivity contribution in [3.05, 3.63) is 99.6 Å². The Morgan fingerprint density at radius 3 is 2.21 bits per heavy atom. The molecule has 6 nitrogen and oxygen atoms in total. The van der Waals surface area contributed by atoms with E-state index in [1.54, 1.807) is 48.7 Å². The summed E-state index contributed by atoms with van der Waals surface area (Å²) in [4.78, 5) is 36.7. The molecule has 0 heterocycles. The average Bonchev–Trinajstić information content (AvgIpc) is 2.73. The van der Waals surface area contributed by atoms with Gasteiger partial charge in [0.05, 0.1) is 15.4 Å². The van der Waals surface area contributed by atoms with E-state index >= 15 is 0 Å². The summed E-state index contributed by atoms with van der Waals surface area (Å²) in [6.07, 6.45) is 1.72. The third-order valence-corrected chi connectivity index (χ3v) is 4.77. The predicted octanol–water partition coefficient (Wildman–Crippen LogP) is 4.77. The van der Waals surface area contributed by atoms with Crippen molar-refractivity contribution < 1.29 is 19.2 Å². The largest absolute Gasteiger partial charge is 0.423 e. The SMILES string of the molecule is CSc1ccc(C(=O)c2ccccc2C(=O)Oc2ccccc2)cc1[N+](=O)[O-]. The van der Waals surface area contributed by atoms with Crippen LogP contribution in [0.5, 0.6) is 5.75 Å². The highest BCUT2D eigenvalue weighted by Crippen LogP contribution is 2.29. The van der Waals surface area contributed by atoms with Crippen LogP contribution in [0.4, 0.5) is 5.69 Å². The first-order valence-corrected chi connectivity index (χ1v) is 9.47. The first-order valence-electron chi connectivity index (χ1n) is 8.24. The fraction of sp³-hybridized carbons (Fsp3) is 0.0476. The number of esters is 1. The van der Waals surface area contributed by atoms with Gasteiger partial charge in [0, 0.05) is 17.2 Å². The summed E-state index contributed by atoms with van der Waals surface area (Å²) in [5.74, 6) is -0.809. The van der Waals surface area contributed by atoms with E-state index in [2.05, 4.69) is 0 Å². The zero-order chi connectivity index (χ0) is 20.1. The molecule has 3 aromatic carbocycles. The van der Waals surface area contributed by atoms with E-state index in [-0.39, 0.29) is 22.4 Å². The van der Waals surface area contributed by atoms with Gasteiger partial charge in [-0.3, -0.25) is 14.9 Å². The Labute approximate surface area is 165 Å². The normalized spacial score (nSPS) is 10.3. The fourth-order valence-electron chi connectivity index (χ4n) is 2.64. The summed E-state index contributed by atoms with van der Waals surface area (Å²) in [6, 6.07) is 19.0. The van der Waals surface area contributed by atoms with Gasteiger partial charge < -0.3 is 4.74 Å². The van der Waals surface area contributed by atoms with Crippen molar-refractivity contribution in [2.24, 2.45) is 0 Å². The average molecular weight is 393 g/mol. The highest BCUT2D eigenvalue weighted by Gasteiger charge is 2.22. The first-order chi connectivity index (χ1) is 13.5. The second kappa shape index (κ2) is 8.49. The molecule has 0 saturated carbocycles. The molecule has 0 aliphatic rings. The molecule has 0 aliphatic carbocycles. The molecule has 0 N–H and O–H groups in total. The van der Waals surface area contributed by atoms with E-state index in [1.165, 1.54) is 42.1 Å². The van der Waals surface area contributed by atoms with E-state index < -0.39 is 16.7 Å². The molecule has 0 radical (unpaired) electrons. The third-order valence-electron chi connectivity index (χ3n) is 3.98. The Morgan fingerprint density at radius 1 is 0.929 bits per heavy atom. The smallest absolute Gasteiger partial charge is 0.344 e. The summed E-state index contributed by atoms with van der Waals surface area (Å²) >= 11 is 1.22. The van der Waals surface area contributed by atoms with Crippen LogP contribution in [-0.4, -0.2) is 22.9 Å². The Balaban J connectivity index is 1.96. The molecule has 140 valence electrons. The Morgan fingerprint density at radius 2 is 1.57 bits per heavy atom. The second-order valence-corrected chi connectivity index (χ2v) is 6.57. The minimum atomic E-state index is -0.676. The Kier molecular flexibility index (Phi) is 5.86. The van der Waals surface area contributed by atoms with E-state index in [0.29, 0.717) is 10.6 Å². The number of ether oxygens (including phenoxy) is 1. The number of hydrogen-bond acceptors (Lipinski definition) is 6. The molecule has 0 atom stereocenters. The van der Waals surface area contributed by atoms with Crippen LogP contribution in [0.1, 0.15) is 26.3 Å². The maximum atomic E-state index is 13.0. The van der Waals surface area contributed by atoms with Crippen LogP contribution in [0.15, 0.2) is 77.7 Å². The molecule has 0 saturated heterocycles. The van der Waals surface area contributed by atoms with E-state index in [0.717, 1.165) is 0 Å². The maximum absolute atomic E-state index is 13.0. The van der Waals surface area contributed by atoms with E-state index in [9.17, 15) is 19.7 Å². The molecular weight excluding hydrogens is 378 g/mol. The number of nitro groups is 1. The number of ketones is 1. The van der Waals surface area contributed by atoms with Gasteiger partial charge in [0.15, 0.2) is 5.78 Å². The molecule has 7 heteroatoms. The molecule has 0 amide bonds. The van der Waals surface area contributed by atoms with Crippen molar-refractivity contribution in [1.29, 1.82) is 0 Å². The predicted molar refractivity (Wildman–Crippen MR) is 106 cm³/mol. The lowest BCUT2D eigenvalue weighted by Gasteiger charge is -2.09. The lowest BCUT2D eigenvalue weighted by Crippen LogP contribution is -2.15. The minimum absolute atomic E-state index is 0.0907. The van der Waals surface area contributed by atoms with E-state index in [1.807, 2.05) is 0 Å². The summed E-state index contributed by atoms with van der Waals surface area (Å²) in [7, 11) is 0. The van der Waals surface area contributed by atoms with Crippen molar-refractivity contribution in [3.63, 3.8) is 0 Å². The van der Waals surface area contributed by atoms with Crippen molar-refractivity contribution in [1.82, 2.24) is 0 Å². The van der Waals surface area contributed by atoms with Crippen LogP contribution in [0, 0.1) is 10.1 Å². The number of nitro benzene ring substituents is 1. The molecular formula is C21H15NO5S. The van der Waals surface area contributed by atoms with E-state index in [4.69, 9.17) is 4.74 Å². The quantitative estimate of drug-likeness (QED) is 0.150. The molecule has 28 heavy (non-hydrogen) atoms. The molecule has 0 aliphatic heterocycles. The number of thioether (sulfide) groups is 1. The first kappa shape index (κ1) is 19.3. The number of para-hydroxylation sites is 1. The molecule has 0 spiro atoms. The number of carbonyl (C=O) groups excluding carboxylic acids is 2. The lowest BCUT2D eigenvalue weighted by molar-refractivity contribution is -0.387. The molecule has 0 fully saturated rings. The molecule has 0 bridgehead atoms. The van der Waals surface area contributed by atoms with Crippen molar-refractivity contribution in [2.45, 2.75) is 4.90 Å². The fourth-order valence-corrected chi connectivity index (χ4v) is 3.19. The number of rotatable bonds is 6. The number of benzene rings is 3. The highest BCUT2D eigenvalue weighted by atomic mass is 32.2. The van der Waals surface area contributed by atoms with Gasteiger partial charge in [-0.15, -0.1) is 11.8 Å². The minimum Gasteiger partial charge on any atom is -0.423 e. The van der Waals surface area contributed by atoms with Crippen LogP contribution in [0.3, 0.4) is 0 Å². The van der Waals surface area contributed by atoms with Gasteiger partial charge in [-0.2, -0.15) is 0 Å². The van der Waals surface area contributed by atoms with Crippen LogP contribution in [0.25, 0.3) is 0 Å². The summed E-state index contributed by atoms with van der Waals surface area (Å²) in [5, 5.41) is 11.3. The number of nitrogens with zero attached hydrogens (tertiary/aromatic N) is 1. The van der Waals surface area contributed by atoms with Crippen molar-refractivity contribution in [3.8, 4) is 5.75 Å². The Bertz CT molecular complexity index is 1050. The van der Waals surface area contributed by atoms with Gasteiger partial charge in [-0.25, -0.2) is 4.79 Å². The monoisotopic (exact) mass is 393 g/mol. The van der Waals surface area contributed by atoms with Gasteiger partial charge >= 0.3 is 5.97 Å². The summed E-state index contributed by atoms with van der Waals surface area (Å²) in [6.45, 7) is 0. The second-order valence-electron chi connectivity index (χ2n) is 5.72. The summed E-state index contributed by atoms with van der Waals surface area (Å²) < 4.78 is 5.32. The van der Waals surface area contributed by atoms with Crippen molar-refractivity contribution >= 4 is 29.2 Å². The van der Waals surface area contributed by atoms with Gasteiger partial charge in [0.2, 0.25) is 0 Å². The van der Waals surface area contributed by atoms with Crippen LogP contribution in [0.2, 0.25) is 0 Å². The number of hydrogen-bond donors (Lipinski definition) is 0. The van der Waals surface area contributed by atoms with Gasteiger partial charge in [-0.05, 0) is 36.6 Å². The zero-order valence-corrected chi connectivity index (χ0v) is 15.6. The van der Waals surface area contributed by atoms with Gasteiger partial charge in [-0.1, -0.05) is 36.4 Å². The van der Waals surface area contributed by atoms with Crippen LogP contribution in [-0.2, 0) is 0 Å². The van der Waals surface area contributed by atoms with Crippen LogP contribution >= 0.6 is 11.8 Å². The van der Waals surface area contributed by atoms with Crippen LogP contribution < -0.4 is 4.74 Å². The van der Waals surface area contributed by atoms with Gasteiger partial charge in [0.25, 0.3) is 5.69 Å². The highest BCUT2D eigenvalue weighted by molar-refractivity contribution is 7.98. The van der Waals surface area contributed by atoms with Gasteiger partial charge in [0.1, 0.15) is 5.75 Å². The molecule has 0 aromatic heterocycles. The topological polar surface area (TPSA) is 86.5 Å². The maximum Gasteiger partial charge on any atom is 0.344 e. The Hall–Kier alpha value is -3.45.